The molecular weight excluding hydrogens is 1270 g/mol. The Morgan fingerprint density at radius 3 is 0.847 bits per heavy atom. The van der Waals surface area contributed by atoms with Crippen LogP contribution in [0.1, 0.15) is 82.6 Å². The minimum absolute atomic E-state index is 0.199. The van der Waals surface area contributed by atoms with Gasteiger partial charge in [-0.25, -0.2) is 0 Å². The summed E-state index contributed by atoms with van der Waals surface area (Å²) in [6, 6.07) is 2.53. The van der Waals surface area contributed by atoms with Crippen molar-refractivity contribution in [1.82, 2.24) is 33.8 Å². The average molecular weight is 1420 g/mol. The SMILES string of the molecule is CC(C)N([SiH2][SiH3])[SiH](C)C.CC(C)N([SiH2][SiH3])[Si](C)(C)C.CCC(C)N([SiH2][SiH3])[Si](C)(C)C.CCN([SiH2][SiH3])[SiH](C)C.CCN([SiH2][SiH3])[Si](C)(C)C.CN([SiH2][SiH3])[SiH](C)C.CN([SiH2][SiH3])[Si](C)(C)C.C[SiH](C)N([SiH2][SiH3])C(C)(C)C. The Kier molecular flexibility index (Phi) is 66.8. The minimum atomic E-state index is -0.941. The number of rotatable bonds is 22. The molecule has 0 aliphatic carbocycles. The van der Waals surface area contributed by atoms with E-state index in [0.717, 1.165) is 18.1 Å². The molecule has 72 heavy (non-hydrogen) atoms. The molecule has 0 bridgehead atoms. The Hall–Kier alpha value is 4.89. The summed E-state index contributed by atoms with van der Waals surface area (Å²) in [7, 11) is 13.2. The summed E-state index contributed by atoms with van der Waals surface area (Å²) < 4.78 is 22.1. The Balaban J connectivity index is -0.000000109. The second-order valence-electron chi connectivity index (χ2n) is 26.3. The molecule has 0 amide bonds. The molecule has 0 heterocycles. The fraction of sp³-hybridized carbons (Fsp3) is 1.00. The van der Waals surface area contributed by atoms with Gasteiger partial charge in [0, 0.05) is 78.1 Å². The van der Waals surface area contributed by atoms with Gasteiger partial charge in [0.1, 0.15) is 32.9 Å². The first-order valence-electron chi connectivity index (χ1n) is 30.2. The Morgan fingerprint density at radius 2 is 0.833 bits per heavy atom. The first-order chi connectivity index (χ1) is 32.2. The highest BCUT2D eigenvalue weighted by atomic mass is 29.1. The van der Waals surface area contributed by atoms with E-state index in [0.29, 0.717) is 23.9 Å². The van der Waals surface area contributed by atoms with Gasteiger partial charge in [-0.05, 0) is 78.0 Å². The molecule has 8 nitrogen and oxygen atoms in total. The lowest BCUT2D eigenvalue weighted by molar-refractivity contribution is 0.374. The van der Waals surface area contributed by atoms with Crippen LogP contribution in [0.25, 0.3) is 0 Å². The topological polar surface area (TPSA) is 25.9 Å². The molecule has 0 saturated heterocycles. The maximum absolute atomic E-state index is 2.87. The van der Waals surface area contributed by atoms with Crippen LogP contribution in [0.3, 0.4) is 0 Å². The standard InChI is InChI=1S/C7H23NSi3.2C6H21NSi3.2C5H19NSi3.2C4H17NSi3.C3H15NSi3/c1-6-7(2)8(10-9)11(3,4)5;1-6(2)7(9-8)10(3,4)5;1-6(2,3)7(9-8)10(4)5;1-5-6(8-7)9(2,3)4;1-5(2)6(8-7)9(3)4;1-5(7-6)8(2,3)4;1-4-5(7-6)8(2)3;1-4(6-5)7(2)3/h7H,6,10H2,1-5,9H3;6H,9H2,1-5,8H3;10H,9H2,1-5,8H3;5,8H2,1-4,7H3;5,9H,8H2,1-4,7H3;7H2,1-4,6H3;8H,4,7H2,1-3,6H3;7H,6H2,1-3,5H3. The van der Waals surface area contributed by atoms with E-state index >= 15 is 0 Å². The zero-order valence-corrected chi connectivity index (χ0v) is 94.8. The van der Waals surface area contributed by atoms with Crippen molar-refractivity contribution in [2.75, 3.05) is 27.2 Å². The molecule has 1 atom stereocenters. The summed E-state index contributed by atoms with van der Waals surface area (Å²) in [6.45, 7) is 77.1. The van der Waals surface area contributed by atoms with Crippen molar-refractivity contribution in [2.45, 2.75) is 237 Å². The van der Waals surface area contributed by atoms with Gasteiger partial charge in [-0.2, -0.15) is 0 Å². The highest BCUT2D eigenvalue weighted by Crippen LogP contribution is 2.14. The monoisotopic (exact) mass is 1420 g/mol. The van der Waals surface area contributed by atoms with E-state index in [1.54, 1.807) is 0 Å². The molecule has 0 aromatic heterocycles. The van der Waals surface area contributed by atoms with Crippen molar-refractivity contribution in [2.24, 2.45) is 0 Å². The lowest BCUT2D eigenvalue weighted by atomic mass is 10.1. The quantitative estimate of drug-likeness (QED) is 0.0993. The second kappa shape index (κ2) is 51.5. The Bertz CT molecular complexity index is 1100. The van der Waals surface area contributed by atoms with Crippen molar-refractivity contribution in [3.8, 4) is 0 Å². The fourth-order valence-corrected chi connectivity index (χ4v) is 120. The fourth-order valence-electron chi connectivity index (χ4n) is 9.19. The number of hydrogen-bond acceptors (Lipinski definition) is 8. The van der Waals surface area contributed by atoms with Gasteiger partial charge in [0.2, 0.25) is 0 Å². The molecule has 0 N–H and O–H groups in total. The average Bonchev–Trinajstić information content (AvgIpc) is 3.20. The number of hydrogen-bond donors (Lipinski definition) is 0. The third kappa shape index (κ3) is 56.7. The zero-order valence-electron chi connectivity index (χ0n) is 58.9. The van der Waals surface area contributed by atoms with Gasteiger partial charge < -0.3 is 33.8 Å². The smallest absolute Gasteiger partial charge is 0.112 e. The van der Waals surface area contributed by atoms with Gasteiger partial charge in [0.15, 0.2) is 0 Å². The van der Waals surface area contributed by atoms with Gasteiger partial charge in [0.05, 0.1) is 109 Å². The normalized spacial score (nSPS) is 14.5. The van der Waals surface area contributed by atoms with Crippen molar-refractivity contribution < 1.29 is 0 Å². The molecule has 0 aliphatic rings. The van der Waals surface area contributed by atoms with E-state index in [2.05, 4.69) is 255 Å². The van der Waals surface area contributed by atoms with Gasteiger partial charge in [-0.15, -0.1) is 0 Å². The Labute approximate surface area is 513 Å². The first kappa shape index (κ1) is 93.3. The predicted molar refractivity (Wildman–Crippen MR) is 434 cm³/mol. The lowest BCUT2D eigenvalue weighted by Gasteiger charge is -2.38. The molecule has 0 saturated carbocycles. The molecule has 0 aliphatic heterocycles. The van der Waals surface area contributed by atoms with Crippen LogP contribution < -0.4 is 0 Å². The molecule has 448 valence electrons. The summed E-state index contributed by atoms with van der Waals surface area (Å²) in [4.78, 5) is 0. The second-order valence-corrected chi connectivity index (χ2v) is 89.9. The molecule has 32 heteroatoms. The highest BCUT2D eigenvalue weighted by molar-refractivity contribution is 6.97. The third-order valence-corrected chi connectivity index (χ3v) is 104. The van der Waals surface area contributed by atoms with Crippen LogP contribution in [0.2, 0.25) is 131 Å². The van der Waals surface area contributed by atoms with E-state index in [9.17, 15) is 0 Å². The van der Waals surface area contributed by atoms with Crippen molar-refractivity contribution >= 4 is 220 Å². The minimum Gasteiger partial charge on any atom is -0.358 e. The van der Waals surface area contributed by atoms with E-state index < -0.39 is 50.9 Å². The maximum Gasteiger partial charge on any atom is 0.112 e. The molecule has 0 radical (unpaired) electrons. The molecule has 0 aromatic carbocycles. The van der Waals surface area contributed by atoms with Gasteiger partial charge in [0.25, 0.3) is 0 Å². The first-order valence-corrected chi connectivity index (χ1v) is 106. The molecule has 0 fully saturated rings. The zero-order chi connectivity index (χ0) is 59.9. The van der Waals surface area contributed by atoms with Crippen LogP contribution in [-0.4, -0.2) is 305 Å². The maximum atomic E-state index is 2.87. The van der Waals surface area contributed by atoms with Crippen molar-refractivity contribution in [3.63, 3.8) is 0 Å². The van der Waals surface area contributed by atoms with Gasteiger partial charge >= 0.3 is 0 Å². The highest BCUT2D eigenvalue weighted by Gasteiger charge is 2.26. The van der Waals surface area contributed by atoms with Crippen LogP contribution in [0, 0.1) is 0 Å². The van der Waals surface area contributed by atoms with Crippen LogP contribution in [-0.2, 0) is 0 Å². The van der Waals surface area contributed by atoms with E-state index in [1.165, 1.54) is 97.6 Å². The van der Waals surface area contributed by atoms with Gasteiger partial charge in [-0.3, -0.25) is 0 Å². The summed E-state index contributed by atoms with van der Waals surface area (Å²) in [6.07, 6.45) is 1.33. The molecule has 0 aromatic rings. The van der Waals surface area contributed by atoms with Crippen LogP contribution in [0.15, 0.2) is 0 Å². The molecule has 1 unspecified atom stereocenters. The van der Waals surface area contributed by atoms with Crippen molar-refractivity contribution in [1.29, 1.82) is 0 Å². The molecule has 0 spiro atoms. The van der Waals surface area contributed by atoms with E-state index in [4.69, 9.17) is 0 Å². The summed E-state index contributed by atoms with van der Waals surface area (Å²) in [5.41, 5.74) is 0.481. The lowest BCUT2D eigenvalue weighted by Crippen LogP contribution is -2.53. The van der Waals surface area contributed by atoms with Crippen LogP contribution in [0.5, 0.6) is 0 Å². The largest absolute Gasteiger partial charge is 0.358 e. The summed E-state index contributed by atoms with van der Waals surface area (Å²) in [5, 5.41) is 0. The summed E-state index contributed by atoms with van der Waals surface area (Å²) in [5.74, 6) is 0. The molecule has 0 rings (SSSR count). The van der Waals surface area contributed by atoms with Crippen molar-refractivity contribution in [3.05, 3.63) is 0 Å². The van der Waals surface area contributed by atoms with Crippen LogP contribution >= 0.6 is 0 Å². The molecular formula is C40H152N8Si24. The van der Waals surface area contributed by atoms with E-state index in [1.807, 2.05) is 0 Å². The predicted octanol–water partition coefficient (Wildman–Crippen LogP) is -5.79. The van der Waals surface area contributed by atoms with Gasteiger partial charge in [-0.1, -0.05) is 186 Å². The summed E-state index contributed by atoms with van der Waals surface area (Å²) >= 11 is 0. The third-order valence-electron chi connectivity index (χ3n) is 13.9. The van der Waals surface area contributed by atoms with E-state index in [-0.39, 0.29) is 73.1 Å². The number of nitrogens with zero attached hydrogens (tertiary/aromatic N) is 8. The van der Waals surface area contributed by atoms with Crippen LogP contribution in [0.4, 0.5) is 0 Å². The Morgan fingerprint density at radius 1 is 0.431 bits per heavy atom.